The molecule has 0 aromatic heterocycles. The molecule has 0 saturated heterocycles. The Morgan fingerprint density at radius 1 is 0.540 bits per heavy atom. The Morgan fingerprint density at radius 2 is 0.900 bits per heavy atom. The summed E-state index contributed by atoms with van der Waals surface area (Å²) in [5.41, 5.74) is 9.87. The molecule has 0 fully saturated rings. The van der Waals surface area contributed by atoms with Gasteiger partial charge in [-0.2, -0.15) is 0 Å². The van der Waals surface area contributed by atoms with Crippen molar-refractivity contribution in [1.29, 1.82) is 0 Å². The molecule has 0 radical (unpaired) electrons. The van der Waals surface area contributed by atoms with Crippen LogP contribution in [0.4, 0.5) is 9.59 Å². The van der Waals surface area contributed by atoms with Crippen LogP contribution in [-0.2, 0) is 54.2 Å². The summed E-state index contributed by atoms with van der Waals surface area (Å²) >= 11 is 0. The summed E-state index contributed by atoms with van der Waals surface area (Å²) in [6.45, 7) is 7.67. The van der Waals surface area contributed by atoms with Crippen LogP contribution in [0.15, 0.2) is 110 Å². The minimum atomic E-state index is -0.970. The van der Waals surface area contributed by atoms with Crippen LogP contribution in [0.3, 0.4) is 0 Å². The van der Waals surface area contributed by atoms with Gasteiger partial charge in [-0.3, -0.25) is 0 Å². The van der Waals surface area contributed by atoms with E-state index < -0.39 is 37.8 Å². The molecule has 50 heavy (non-hydrogen) atoms. The van der Waals surface area contributed by atoms with Crippen molar-refractivity contribution >= 4 is 24.2 Å². The van der Waals surface area contributed by atoms with Gasteiger partial charge in [-0.05, 0) is 94.5 Å². The topological polar surface area (TPSA) is 124 Å². The zero-order valence-electron chi connectivity index (χ0n) is 27.6. The minimum absolute atomic E-state index is 0.271. The summed E-state index contributed by atoms with van der Waals surface area (Å²) < 4.78 is 28.8. The van der Waals surface area contributed by atoms with E-state index >= 15 is 0 Å². The van der Waals surface area contributed by atoms with Gasteiger partial charge in [0, 0.05) is 18.1 Å². The number of hydrogen-bond donors (Lipinski definition) is 0. The second kappa shape index (κ2) is 16.8. The molecule has 0 saturated carbocycles. The maximum Gasteiger partial charge on any atom is 0.516 e. The van der Waals surface area contributed by atoms with Crippen molar-refractivity contribution in [3.63, 3.8) is 0 Å². The fourth-order valence-corrected chi connectivity index (χ4v) is 5.58. The van der Waals surface area contributed by atoms with Crippen LogP contribution in [-0.4, -0.2) is 37.8 Å². The van der Waals surface area contributed by atoms with Gasteiger partial charge >= 0.3 is 24.2 Å². The predicted octanol–water partition coefficient (Wildman–Crippen LogP) is 7.79. The second-order valence-electron chi connectivity index (χ2n) is 11.4. The largest absolute Gasteiger partial charge is 0.516 e. The normalized spacial score (nSPS) is 11.4. The van der Waals surface area contributed by atoms with Crippen molar-refractivity contribution in [2.24, 2.45) is 0 Å². The van der Waals surface area contributed by atoms with Gasteiger partial charge in [0.15, 0.2) is 0 Å². The molecule has 10 nitrogen and oxygen atoms in total. The van der Waals surface area contributed by atoms with E-state index in [-0.39, 0.29) is 5.92 Å². The van der Waals surface area contributed by atoms with E-state index in [0.717, 1.165) is 49.0 Å². The van der Waals surface area contributed by atoms with Gasteiger partial charge in [-0.1, -0.05) is 80.7 Å². The lowest BCUT2D eigenvalue weighted by Gasteiger charge is -2.10. The molecule has 4 aromatic carbocycles. The van der Waals surface area contributed by atoms with Crippen LogP contribution in [0.25, 0.3) is 11.1 Å². The highest BCUT2D eigenvalue weighted by Gasteiger charge is 2.26. The number of esters is 2. The van der Waals surface area contributed by atoms with Crippen molar-refractivity contribution in [2.75, 3.05) is 13.6 Å². The first-order chi connectivity index (χ1) is 24.2. The number of hydrogen-bond acceptors (Lipinski definition) is 10. The molecule has 4 aromatic rings. The van der Waals surface area contributed by atoms with Gasteiger partial charge in [0.1, 0.15) is 11.5 Å². The first-order valence-corrected chi connectivity index (χ1v) is 15.9. The maximum atomic E-state index is 11.8. The number of benzene rings is 4. The van der Waals surface area contributed by atoms with Crippen LogP contribution in [0.1, 0.15) is 46.2 Å². The van der Waals surface area contributed by atoms with Crippen molar-refractivity contribution in [1.82, 2.24) is 0 Å². The summed E-state index contributed by atoms with van der Waals surface area (Å²) in [7, 11) is 0. The monoisotopic (exact) mass is 676 g/mol. The van der Waals surface area contributed by atoms with E-state index in [2.05, 4.69) is 66.0 Å². The summed E-state index contributed by atoms with van der Waals surface area (Å²) in [6, 6.07) is 27.8. The van der Waals surface area contributed by atoms with Gasteiger partial charge in [0.05, 0.1) is 0 Å². The van der Waals surface area contributed by atoms with E-state index in [4.69, 9.17) is 18.9 Å². The van der Waals surface area contributed by atoms with Crippen LogP contribution in [0, 0.1) is 0 Å². The highest BCUT2D eigenvalue weighted by molar-refractivity contribution is 5.82. The van der Waals surface area contributed by atoms with Gasteiger partial charge in [0.2, 0.25) is 13.6 Å². The van der Waals surface area contributed by atoms with E-state index in [1.807, 2.05) is 24.3 Å². The zero-order chi connectivity index (χ0) is 35.5. The first-order valence-electron chi connectivity index (χ1n) is 15.9. The average Bonchev–Trinajstić information content (AvgIpc) is 3.40. The Bertz CT molecular complexity index is 1740. The molecule has 256 valence electrons. The Labute approximate surface area is 289 Å². The summed E-state index contributed by atoms with van der Waals surface area (Å²) in [5.74, 6) is -0.472. The molecule has 0 bridgehead atoms. The van der Waals surface area contributed by atoms with Crippen LogP contribution >= 0.6 is 0 Å². The molecule has 0 aliphatic heterocycles. The molecule has 0 amide bonds. The van der Waals surface area contributed by atoms with E-state index in [1.165, 1.54) is 33.4 Å². The second-order valence-corrected chi connectivity index (χ2v) is 11.4. The quantitative estimate of drug-likeness (QED) is 0.0566. The molecule has 10 heteroatoms. The number of ether oxygens (including phenoxy) is 6. The van der Waals surface area contributed by atoms with Gasteiger partial charge in [0.25, 0.3) is 0 Å². The first kappa shape index (κ1) is 35.2. The fraction of sp³-hybridized carbons (Fsp3) is 0.200. The van der Waals surface area contributed by atoms with Crippen molar-refractivity contribution in [3.05, 3.63) is 144 Å². The summed E-state index contributed by atoms with van der Waals surface area (Å²) in [6.07, 6.45) is 3.35. The molecular formula is C40H36O10. The van der Waals surface area contributed by atoms with Gasteiger partial charge < -0.3 is 28.4 Å². The number of carbonyl (C=O) groups is 4. The molecule has 1 aliphatic rings. The lowest BCUT2D eigenvalue weighted by molar-refractivity contribution is -0.147. The van der Waals surface area contributed by atoms with Crippen LogP contribution < -0.4 is 9.47 Å². The van der Waals surface area contributed by atoms with E-state index in [1.54, 1.807) is 24.3 Å². The lowest BCUT2D eigenvalue weighted by atomic mass is 9.94. The van der Waals surface area contributed by atoms with E-state index in [0.29, 0.717) is 11.5 Å². The third-order valence-electron chi connectivity index (χ3n) is 8.20. The molecule has 0 heterocycles. The van der Waals surface area contributed by atoms with Crippen molar-refractivity contribution in [3.8, 4) is 22.6 Å². The number of rotatable bonds is 14. The molecular weight excluding hydrogens is 640 g/mol. The third-order valence-corrected chi connectivity index (χ3v) is 8.20. The molecule has 0 N–H and O–H groups in total. The maximum absolute atomic E-state index is 11.8. The Kier molecular flexibility index (Phi) is 11.8. The Morgan fingerprint density at radius 3 is 1.28 bits per heavy atom. The minimum Gasteiger partial charge on any atom is -0.425 e. The average molecular weight is 677 g/mol. The van der Waals surface area contributed by atoms with Crippen molar-refractivity contribution in [2.45, 2.75) is 38.5 Å². The summed E-state index contributed by atoms with van der Waals surface area (Å²) in [4.78, 5) is 45.6. The highest BCUT2D eigenvalue weighted by Crippen LogP contribution is 2.45. The molecule has 5 rings (SSSR count). The smallest absolute Gasteiger partial charge is 0.425 e. The van der Waals surface area contributed by atoms with Gasteiger partial charge in [-0.15, -0.1) is 0 Å². The van der Waals surface area contributed by atoms with Crippen LogP contribution in [0.2, 0.25) is 0 Å². The molecule has 0 spiro atoms. The molecule has 1 aliphatic carbocycles. The zero-order valence-corrected chi connectivity index (χ0v) is 27.6. The number of fused-ring (bicyclic) bond motifs is 3. The molecule has 0 unspecified atom stereocenters. The fourth-order valence-electron chi connectivity index (χ4n) is 5.58. The van der Waals surface area contributed by atoms with E-state index in [9.17, 15) is 19.2 Å². The SMILES string of the molecule is C=CC(=O)OCOC(=O)Oc1ccc(CCc2ccc3c(c2)C(C)c2cc(CCc4ccc(OC(=O)OCOC(=O)C=C)cc4)ccc2-3)cc1. The standard InChI is InChI=1S/C40H36O10/c1-4-37(41)45-24-47-39(43)49-31-16-10-27(11-17-31)6-8-29-14-20-33-34-21-15-30(23-36(34)26(3)35(33)22-29)9-7-28-12-18-32(19-13-28)50-40(44)48-25-46-38(42)5-2/h4-5,10-23,26H,1-2,6-9,24-25H2,3H3. The van der Waals surface area contributed by atoms with Gasteiger partial charge in [-0.25, -0.2) is 19.2 Å². The highest BCUT2D eigenvalue weighted by atomic mass is 16.8. The number of aryl methyl sites for hydroxylation is 4. The van der Waals surface area contributed by atoms with Crippen molar-refractivity contribution < 1.29 is 47.6 Å². The third kappa shape index (κ3) is 9.47. The molecule has 0 atom stereocenters. The summed E-state index contributed by atoms with van der Waals surface area (Å²) in [5, 5.41) is 0. The Balaban J connectivity index is 1.10. The number of carbonyl (C=O) groups excluding carboxylic acids is 4. The van der Waals surface area contributed by atoms with Crippen LogP contribution in [0.5, 0.6) is 11.5 Å². The lowest BCUT2D eigenvalue weighted by Crippen LogP contribution is -2.14. The predicted molar refractivity (Wildman–Crippen MR) is 184 cm³/mol. The Hall–Kier alpha value is -6.16.